The molecule has 0 saturated heterocycles. The largest absolute Gasteiger partial charge is 0.493 e. The third-order valence-corrected chi connectivity index (χ3v) is 3.02. The number of nitrogens with zero attached hydrogens (tertiary/aromatic N) is 1. The fourth-order valence-corrected chi connectivity index (χ4v) is 2.08. The van der Waals surface area contributed by atoms with Crippen LogP contribution in [0.15, 0.2) is 24.3 Å². The van der Waals surface area contributed by atoms with Crippen LogP contribution >= 0.6 is 0 Å². The summed E-state index contributed by atoms with van der Waals surface area (Å²) in [5, 5.41) is 8.98. The van der Waals surface area contributed by atoms with Gasteiger partial charge in [0.1, 0.15) is 5.75 Å². The maximum absolute atomic E-state index is 8.98. The van der Waals surface area contributed by atoms with E-state index >= 15 is 0 Å². The standard InChI is InChI=1S/C15H26N2O2/c1-2-8-17(10-11-18)9-5-12-19-15-7-4-3-6-14(15)13-16/h3-4,6-7,18H,2,5,8-13,16H2,1H3. The van der Waals surface area contributed by atoms with Crippen LogP contribution in [0.5, 0.6) is 5.75 Å². The second kappa shape index (κ2) is 9.78. The summed E-state index contributed by atoms with van der Waals surface area (Å²) in [6.07, 6.45) is 2.07. The van der Waals surface area contributed by atoms with Gasteiger partial charge in [-0.3, -0.25) is 0 Å². The number of benzene rings is 1. The maximum atomic E-state index is 8.98. The Labute approximate surface area is 116 Å². The number of nitrogens with two attached hydrogens (primary N) is 1. The van der Waals surface area contributed by atoms with Crippen LogP contribution < -0.4 is 10.5 Å². The Morgan fingerprint density at radius 2 is 2.00 bits per heavy atom. The van der Waals surface area contributed by atoms with Crippen molar-refractivity contribution in [3.8, 4) is 5.75 Å². The van der Waals surface area contributed by atoms with Gasteiger partial charge in [0, 0.05) is 25.2 Å². The van der Waals surface area contributed by atoms with Crippen LogP contribution in [0, 0.1) is 0 Å². The van der Waals surface area contributed by atoms with E-state index in [-0.39, 0.29) is 6.61 Å². The topological polar surface area (TPSA) is 58.7 Å². The number of aliphatic hydroxyl groups excluding tert-OH is 1. The van der Waals surface area contributed by atoms with Crippen molar-refractivity contribution in [3.05, 3.63) is 29.8 Å². The van der Waals surface area contributed by atoms with E-state index in [9.17, 15) is 0 Å². The Morgan fingerprint density at radius 3 is 2.68 bits per heavy atom. The summed E-state index contributed by atoms with van der Waals surface area (Å²) < 4.78 is 5.77. The predicted octanol–water partition coefficient (Wildman–Crippen LogP) is 1.62. The zero-order valence-corrected chi connectivity index (χ0v) is 11.8. The third kappa shape index (κ3) is 6.05. The average molecular weight is 266 g/mol. The van der Waals surface area contributed by atoms with Crippen LogP contribution in [0.2, 0.25) is 0 Å². The molecule has 0 radical (unpaired) electrons. The molecular formula is C15H26N2O2. The van der Waals surface area contributed by atoms with E-state index in [0.717, 1.165) is 43.8 Å². The minimum Gasteiger partial charge on any atom is -0.493 e. The molecule has 19 heavy (non-hydrogen) atoms. The average Bonchev–Trinajstić information content (AvgIpc) is 2.44. The maximum Gasteiger partial charge on any atom is 0.123 e. The molecule has 0 aliphatic heterocycles. The lowest BCUT2D eigenvalue weighted by atomic mass is 10.2. The number of para-hydroxylation sites is 1. The van der Waals surface area contributed by atoms with Crippen LogP contribution in [0.4, 0.5) is 0 Å². The van der Waals surface area contributed by atoms with Crippen molar-refractivity contribution >= 4 is 0 Å². The molecule has 0 unspecified atom stereocenters. The highest BCUT2D eigenvalue weighted by atomic mass is 16.5. The lowest BCUT2D eigenvalue weighted by molar-refractivity contribution is 0.183. The first-order valence-electron chi connectivity index (χ1n) is 7.05. The van der Waals surface area contributed by atoms with E-state index in [2.05, 4.69) is 11.8 Å². The fraction of sp³-hybridized carbons (Fsp3) is 0.600. The highest BCUT2D eigenvalue weighted by molar-refractivity contribution is 5.32. The molecule has 0 amide bonds. The molecule has 0 fully saturated rings. The second-order valence-corrected chi connectivity index (χ2v) is 4.58. The van der Waals surface area contributed by atoms with Gasteiger partial charge in [0.15, 0.2) is 0 Å². The summed E-state index contributed by atoms with van der Waals surface area (Å²) >= 11 is 0. The van der Waals surface area contributed by atoms with Gasteiger partial charge < -0.3 is 20.5 Å². The van der Waals surface area contributed by atoms with Gasteiger partial charge in [0.2, 0.25) is 0 Å². The van der Waals surface area contributed by atoms with Gasteiger partial charge in [-0.2, -0.15) is 0 Å². The zero-order valence-electron chi connectivity index (χ0n) is 11.8. The first-order valence-corrected chi connectivity index (χ1v) is 7.05. The van der Waals surface area contributed by atoms with Gasteiger partial charge in [-0.1, -0.05) is 25.1 Å². The number of aliphatic hydroxyl groups is 1. The highest BCUT2D eigenvalue weighted by Crippen LogP contribution is 2.17. The second-order valence-electron chi connectivity index (χ2n) is 4.58. The third-order valence-electron chi connectivity index (χ3n) is 3.02. The first kappa shape index (κ1) is 16.0. The summed E-state index contributed by atoms with van der Waals surface area (Å²) in [7, 11) is 0. The minimum absolute atomic E-state index is 0.219. The molecule has 4 nitrogen and oxygen atoms in total. The van der Waals surface area contributed by atoms with Crippen molar-refractivity contribution in [3.63, 3.8) is 0 Å². The van der Waals surface area contributed by atoms with Crippen molar-refractivity contribution in [1.29, 1.82) is 0 Å². The highest BCUT2D eigenvalue weighted by Gasteiger charge is 2.04. The number of ether oxygens (including phenoxy) is 1. The Hall–Kier alpha value is -1.10. The van der Waals surface area contributed by atoms with Crippen molar-refractivity contribution < 1.29 is 9.84 Å². The molecule has 4 heteroatoms. The summed E-state index contributed by atoms with van der Waals surface area (Å²) in [6.45, 7) is 6.28. The van der Waals surface area contributed by atoms with E-state index in [1.54, 1.807) is 0 Å². The van der Waals surface area contributed by atoms with Gasteiger partial charge in [0.25, 0.3) is 0 Å². The molecule has 1 aromatic carbocycles. The molecule has 0 saturated carbocycles. The van der Waals surface area contributed by atoms with Gasteiger partial charge in [-0.15, -0.1) is 0 Å². The molecule has 0 spiro atoms. The number of hydrogen-bond acceptors (Lipinski definition) is 4. The molecule has 0 aliphatic carbocycles. The number of rotatable bonds is 10. The van der Waals surface area contributed by atoms with Crippen LogP contribution in [-0.2, 0) is 6.54 Å². The van der Waals surface area contributed by atoms with E-state index in [1.165, 1.54) is 0 Å². The molecule has 0 bridgehead atoms. The Balaban J connectivity index is 2.29. The summed E-state index contributed by atoms with van der Waals surface area (Å²) in [5.74, 6) is 0.884. The molecule has 1 aromatic rings. The van der Waals surface area contributed by atoms with Crippen molar-refractivity contribution in [2.24, 2.45) is 5.73 Å². The summed E-state index contributed by atoms with van der Waals surface area (Å²) in [5.41, 5.74) is 6.71. The minimum atomic E-state index is 0.219. The molecule has 0 atom stereocenters. The Kier molecular flexibility index (Phi) is 8.21. The van der Waals surface area contributed by atoms with Crippen LogP contribution in [0.1, 0.15) is 25.3 Å². The predicted molar refractivity (Wildman–Crippen MR) is 78.3 cm³/mol. The molecule has 0 heterocycles. The van der Waals surface area contributed by atoms with Gasteiger partial charge in [-0.25, -0.2) is 0 Å². The molecular weight excluding hydrogens is 240 g/mol. The number of hydrogen-bond donors (Lipinski definition) is 2. The lowest BCUT2D eigenvalue weighted by Gasteiger charge is -2.20. The van der Waals surface area contributed by atoms with Crippen molar-refractivity contribution in [1.82, 2.24) is 4.90 Å². The van der Waals surface area contributed by atoms with E-state index in [0.29, 0.717) is 13.2 Å². The smallest absolute Gasteiger partial charge is 0.123 e. The quantitative estimate of drug-likeness (QED) is 0.632. The first-order chi connectivity index (χ1) is 9.31. The van der Waals surface area contributed by atoms with E-state index in [4.69, 9.17) is 15.6 Å². The normalized spacial score (nSPS) is 10.9. The van der Waals surface area contributed by atoms with Crippen LogP contribution in [0.25, 0.3) is 0 Å². The monoisotopic (exact) mass is 266 g/mol. The molecule has 0 aromatic heterocycles. The molecule has 1 rings (SSSR count). The van der Waals surface area contributed by atoms with Gasteiger partial charge in [0.05, 0.1) is 13.2 Å². The molecule has 108 valence electrons. The van der Waals surface area contributed by atoms with Gasteiger partial charge >= 0.3 is 0 Å². The summed E-state index contributed by atoms with van der Waals surface area (Å²) in [4.78, 5) is 2.26. The van der Waals surface area contributed by atoms with Crippen LogP contribution in [-0.4, -0.2) is 42.9 Å². The molecule has 0 aliphatic rings. The van der Waals surface area contributed by atoms with Crippen molar-refractivity contribution in [2.75, 3.05) is 32.8 Å². The van der Waals surface area contributed by atoms with Crippen LogP contribution in [0.3, 0.4) is 0 Å². The fourth-order valence-electron chi connectivity index (χ4n) is 2.08. The molecule has 3 N–H and O–H groups in total. The van der Waals surface area contributed by atoms with E-state index in [1.807, 2.05) is 24.3 Å². The zero-order chi connectivity index (χ0) is 13.9. The SMILES string of the molecule is CCCN(CCO)CCCOc1ccccc1CN. The van der Waals surface area contributed by atoms with E-state index < -0.39 is 0 Å². The Morgan fingerprint density at radius 1 is 1.21 bits per heavy atom. The lowest BCUT2D eigenvalue weighted by Crippen LogP contribution is -2.29. The summed E-state index contributed by atoms with van der Waals surface area (Å²) in [6, 6.07) is 7.88. The van der Waals surface area contributed by atoms with Gasteiger partial charge in [-0.05, 0) is 25.5 Å². The van der Waals surface area contributed by atoms with Crippen molar-refractivity contribution in [2.45, 2.75) is 26.3 Å². The Bertz CT molecular complexity index is 339.